The van der Waals surface area contributed by atoms with Gasteiger partial charge in [0, 0.05) is 24.5 Å². The molecule has 1 heterocycles. The fraction of sp³-hybridized carbons (Fsp3) is 0.647. The summed E-state index contributed by atoms with van der Waals surface area (Å²) >= 11 is 0. The molecule has 1 atom stereocenters. The molecule has 5 heteroatoms. The number of nitrogens with two attached hydrogens (primary N) is 1. The van der Waals surface area contributed by atoms with Crippen molar-refractivity contribution < 1.29 is 0 Å². The minimum atomic E-state index is 0. The van der Waals surface area contributed by atoms with Crippen molar-refractivity contribution in [2.24, 2.45) is 16.6 Å². The molecule has 0 saturated heterocycles. The second kappa shape index (κ2) is 11.7. The maximum Gasteiger partial charge on any atom is 0.188 e. The molecule has 126 valence electrons. The van der Waals surface area contributed by atoms with Crippen LogP contribution in [0.25, 0.3) is 0 Å². The summed E-state index contributed by atoms with van der Waals surface area (Å²) < 4.78 is 0. The Morgan fingerprint density at radius 3 is 2.59 bits per heavy atom. The number of aromatic nitrogens is 1. The van der Waals surface area contributed by atoms with Gasteiger partial charge in [-0.2, -0.15) is 0 Å². The minimum Gasteiger partial charge on any atom is -0.370 e. The predicted octanol–water partition coefficient (Wildman–Crippen LogP) is 3.67. The second-order valence-electron chi connectivity index (χ2n) is 6.19. The number of rotatable bonds is 8. The van der Waals surface area contributed by atoms with E-state index in [1.54, 1.807) is 0 Å². The lowest BCUT2D eigenvalue weighted by atomic mass is 10.0. The van der Waals surface area contributed by atoms with E-state index < -0.39 is 0 Å². The topological polar surface area (TPSA) is 63.3 Å². The highest BCUT2D eigenvalue weighted by Gasteiger charge is 2.03. The predicted molar refractivity (Wildman–Crippen MR) is 106 cm³/mol. The van der Waals surface area contributed by atoms with Crippen LogP contribution in [0.4, 0.5) is 0 Å². The van der Waals surface area contributed by atoms with Crippen LogP contribution in [-0.4, -0.2) is 23.5 Å². The molecule has 1 rings (SSSR count). The highest BCUT2D eigenvalue weighted by Crippen LogP contribution is 2.08. The molecule has 22 heavy (non-hydrogen) atoms. The van der Waals surface area contributed by atoms with Crippen molar-refractivity contribution in [2.45, 2.75) is 59.4 Å². The number of guanidine groups is 1. The molecule has 1 unspecified atom stereocenters. The third-order valence-corrected chi connectivity index (χ3v) is 3.47. The lowest BCUT2D eigenvalue weighted by Gasteiger charge is -2.15. The third-order valence-electron chi connectivity index (χ3n) is 3.47. The Bertz CT molecular complexity index is 429. The summed E-state index contributed by atoms with van der Waals surface area (Å²) in [5.41, 5.74) is 8.15. The van der Waals surface area contributed by atoms with E-state index in [0.717, 1.165) is 24.5 Å². The standard InChI is InChI=1S/C17H30N4.HI/c1-13(2)6-5-7-15(4)21-17(18)19-11-10-16-9-8-14(3)20-12-16;/h8-9,12-13,15H,5-7,10-11H2,1-4H3,(H3,18,19,21);1H. The number of aryl methyl sites for hydroxylation is 1. The molecule has 0 aromatic carbocycles. The third kappa shape index (κ3) is 9.97. The Balaban J connectivity index is 0.00000441. The van der Waals surface area contributed by atoms with E-state index in [0.29, 0.717) is 18.5 Å². The van der Waals surface area contributed by atoms with Crippen molar-refractivity contribution in [3.05, 3.63) is 29.6 Å². The molecule has 0 aliphatic heterocycles. The van der Waals surface area contributed by atoms with Gasteiger partial charge in [-0.1, -0.05) is 32.8 Å². The summed E-state index contributed by atoms with van der Waals surface area (Å²) in [5, 5.41) is 3.26. The molecule has 0 radical (unpaired) electrons. The number of aliphatic imine (C=N–C) groups is 1. The van der Waals surface area contributed by atoms with Gasteiger partial charge in [-0.05, 0) is 44.2 Å². The first-order valence-electron chi connectivity index (χ1n) is 7.95. The molecule has 1 aromatic heterocycles. The van der Waals surface area contributed by atoms with Crippen LogP contribution >= 0.6 is 24.0 Å². The van der Waals surface area contributed by atoms with E-state index in [1.165, 1.54) is 18.4 Å². The van der Waals surface area contributed by atoms with Crippen LogP contribution in [0, 0.1) is 12.8 Å². The molecule has 0 spiro atoms. The molecule has 0 saturated carbocycles. The van der Waals surface area contributed by atoms with Crippen molar-refractivity contribution in [1.29, 1.82) is 0 Å². The molecule has 0 aliphatic rings. The number of halogens is 1. The number of hydrogen-bond acceptors (Lipinski definition) is 2. The van der Waals surface area contributed by atoms with Crippen LogP contribution in [0.15, 0.2) is 23.3 Å². The van der Waals surface area contributed by atoms with Gasteiger partial charge < -0.3 is 11.1 Å². The highest BCUT2D eigenvalue weighted by atomic mass is 127. The average Bonchev–Trinajstić information content (AvgIpc) is 2.40. The first kappa shape index (κ1) is 21.1. The maximum atomic E-state index is 5.92. The number of nitrogens with zero attached hydrogens (tertiary/aromatic N) is 2. The lowest BCUT2D eigenvalue weighted by Crippen LogP contribution is -2.38. The summed E-state index contributed by atoms with van der Waals surface area (Å²) in [6.07, 6.45) is 6.41. The molecule has 0 amide bonds. The van der Waals surface area contributed by atoms with E-state index >= 15 is 0 Å². The van der Waals surface area contributed by atoms with E-state index in [4.69, 9.17) is 5.73 Å². The number of nitrogens with one attached hydrogen (secondary N) is 1. The first-order chi connectivity index (χ1) is 9.97. The summed E-state index contributed by atoms with van der Waals surface area (Å²) in [4.78, 5) is 8.66. The van der Waals surface area contributed by atoms with Gasteiger partial charge in [0.2, 0.25) is 0 Å². The van der Waals surface area contributed by atoms with E-state index in [-0.39, 0.29) is 24.0 Å². The average molecular weight is 418 g/mol. The minimum absolute atomic E-state index is 0. The highest BCUT2D eigenvalue weighted by molar-refractivity contribution is 14.0. The molecule has 4 nitrogen and oxygen atoms in total. The molecule has 3 N–H and O–H groups in total. The SMILES string of the molecule is Cc1ccc(CCN=C(N)NC(C)CCCC(C)C)cn1.I. The smallest absolute Gasteiger partial charge is 0.188 e. The van der Waals surface area contributed by atoms with Crippen LogP contribution in [-0.2, 0) is 6.42 Å². The maximum absolute atomic E-state index is 5.92. The van der Waals surface area contributed by atoms with Gasteiger partial charge in [0.15, 0.2) is 5.96 Å². The van der Waals surface area contributed by atoms with Gasteiger partial charge >= 0.3 is 0 Å². The normalized spacial score (nSPS) is 12.9. The van der Waals surface area contributed by atoms with Gasteiger partial charge in [-0.25, -0.2) is 0 Å². The van der Waals surface area contributed by atoms with Gasteiger partial charge in [-0.15, -0.1) is 24.0 Å². The lowest BCUT2D eigenvalue weighted by molar-refractivity contribution is 0.493. The van der Waals surface area contributed by atoms with Crippen LogP contribution in [0.1, 0.15) is 51.3 Å². The Morgan fingerprint density at radius 2 is 2.00 bits per heavy atom. The Hall–Kier alpha value is -0.850. The van der Waals surface area contributed by atoms with Gasteiger partial charge in [0.05, 0.1) is 0 Å². The zero-order chi connectivity index (χ0) is 15.7. The van der Waals surface area contributed by atoms with E-state index in [9.17, 15) is 0 Å². The Kier molecular flexibility index (Phi) is 11.2. The van der Waals surface area contributed by atoms with Gasteiger partial charge in [0.25, 0.3) is 0 Å². The molecule has 0 bridgehead atoms. The van der Waals surface area contributed by atoms with Gasteiger partial charge in [0.1, 0.15) is 0 Å². The summed E-state index contributed by atoms with van der Waals surface area (Å²) in [7, 11) is 0. The van der Waals surface area contributed by atoms with Crippen molar-refractivity contribution in [3.8, 4) is 0 Å². The largest absolute Gasteiger partial charge is 0.370 e. The molecular formula is C17H31IN4. The van der Waals surface area contributed by atoms with Crippen LogP contribution < -0.4 is 11.1 Å². The van der Waals surface area contributed by atoms with Crippen molar-refractivity contribution in [1.82, 2.24) is 10.3 Å². The fourth-order valence-corrected chi connectivity index (χ4v) is 2.15. The molecule has 0 fully saturated rings. The van der Waals surface area contributed by atoms with Crippen molar-refractivity contribution >= 4 is 29.9 Å². The van der Waals surface area contributed by atoms with Crippen molar-refractivity contribution in [2.75, 3.05) is 6.54 Å². The van der Waals surface area contributed by atoms with E-state index in [2.05, 4.69) is 42.1 Å². The Labute approximate surface area is 152 Å². The summed E-state index contributed by atoms with van der Waals surface area (Å²) in [5.74, 6) is 1.32. The zero-order valence-electron chi connectivity index (χ0n) is 14.3. The van der Waals surface area contributed by atoms with Crippen LogP contribution in [0.2, 0.25) is 0 Å². The second-order valence-corrected chi connectivity index (χ2v) is 6.19. The summed E-state index contributed by atoms with van der Waals surface area (Å²) in [6.45, 7) is 9.36. The number of pyridine rings is 1. The summed E-state index contributed by atoms with van der Waals surface area (Å²) in [6, 6.07) is 4.50. The van der Waals surface area contributed by atoms with Crippen LogP contribution in [0.5, 0.6) is 0 Å². The van der Waals surface area contributed by atoms with Gasteiger partial charge in [-0.3, -0.25) is 9.98 Å². The number of hydrogen-bond donors (Lipinski definition) is 2. The fourth-order valence-electron chi connectivity index (χ4n) is 2.15. The zero-order valence-corrected chi connectivity index (χ0v) is 16.6. The van der Waals surface area contributed by atoms with Crippen LogP contribution in [0.3, 0.4) is 0 Å². The van der Waals surface area contributed by atoms with E-state index in [1.807, 2.05) is 19.2 Å². The molecule has 0 aliphatic carbocycles. The Morgan fingerprint density at radius 1 is 1.27 bits per heavy atom. The monoisotopic (exact) mass is 418 g/mol. The van der Waals surface area contributed by atoms with Crippen molar-refractivity contribution in [3.63, 3.8) is 0 Å². The first-order valence-corrected chi connectivity index (χ1v) is 7.95. The molecule has 1 aromatic rings. The molecular weight excluding hydrogens is 387 g/mol. The quantitative estimate of drug-likeness (QED) is 0.385.